The van der Waals surface area contributed by atoms with E-state index in [1.54, 1.807) is 6.08 Å². The van der Waals surface area contributed by atoms with Gasteiger partial charge in [-0.2, -0.15) is 0 Å². The number of aryl methyl sites for hydroxylation is 1. The summed E-state index contributed by atoms with van der Waals surface area (Å²) in [5.41, 5.74) is 1.72. The summed E-state index contributed by atoms with van der Waals surface area (Å²) >= 11 is 0. The molecule has 0 radical (unpaired) electrons. The van der Waals surface area contributed by atoms with Gasteiger partial charge in [-0.05, 0) is 30.7 Å². The number of hydrogen-bond donors (Lipinski definition) is 1. The van der Waals surface area contributed by atoms with Gasteiger partial charge in [0.15, 0.2) is 0 Å². The highest BCUT2D eigenvalue weighted by molar-refractivity contribution is 5.46. The number of benzene rings is 1. The molecule has 1 aromatic rings. The highest BCUT2D eigenvalue weighted by atomic mass is 19.1. The van der Waals surface area contributed by atoms with Crippen LogP contribution in [0.4, 0.5) is 10.1 Å². The second-order valence-electron chi connectivity index (χ2n) is 2.69. The van der Waals surface area contributed by atoms with E-state index in [0.29, 0.717) is 6.54 Å². The van der Waals surface area contributed by atoms with E-state index in [1.165, 1.54) is 12.1 Å². The zero-order chi connectivity index (χ0) is 8.97. The van der Waals surface area contributed by atoms with Crippen LogP contribution in [-0.2, 0) is 0 Å². The van der Waals surface area contributed by atoms with Gasteiger partial charge in [0, 0.05) is 12.2 Å². The zero-order valence-corrected chi connectivity index (χ0v) is 7.10. The minimum Gasteiger partial charge on any atom is -0.381 e. The molecule has 0 saturated carbocycles. The summed E-state index contributed by atoms with van der Waals surface area (Å²) in [6.45, 7) is 6.08. The smallest absolute Gasteiger partial charge is 0.125 e. The van der Waals surface area contributed by atoms with E-state index in [0.717, 1.165) is 11.3 Å². The number of halogens is 1. The molecule has 1 aromatic carbocycles. The first-order valence-corrected chi connectivity index (χ1v) is 3.84. The van der Waals surface area contributed by atoms with Crippen LogP contribution >= 0.6 is 0 Å². The molecule has 0 spiro atoms. The van der Waals surface area contributed by atoms with Gasteiger partial charge in [-0.15, -0.1) is 6.58 Å². The quantitative estimate of drug-likeness (QED) is 0.679. The Bertz CT molecular complexity index is 261. The van der Waals surface area contributed by atoms with Crippen LogP contribution in [0, 0.1) is 12.7 Å². The van der Waals surface area contributed by atoms with E-state index < -0.39 is 0 Å². The third-order valence-electron chi connectivity index (χ3n) is 1.49. The molecule has 0 amide bonds. The Morgan fingerprint density at radius 2 is 2.25 bits per heavy atom. The predicted octanol–water partition coefficient (Wildman–Crippen LogP) is 2.73. The largest absolute Gasteiger partial charge is 0.381 e. The Morgan fingerprint density at radius 3 is 2.83 bits per heavy atom. The maximum Gasteiger partial charge on any atom is 0.125 e. The van der Waals surface area contributed by atoms with Crippen LogP contribution < -0.4 is 5.32 Å². The van der Waals surface area contributed by atoms with E-state index in [2.05, 4.69) is 11.9 Å². The molecule has 12 heavy (non-hydrogen) atoms. The van der Waals surface area contributed by atoms with Gasteiger partial charge in [-0.25, -0.2) is 4.39 Å². The van der Waals surface area contributed by atoms with Crippen LogP contribution in [0.3, 0.4) is 0 Å². The van der Waals surface area contributed by atoms with E-state index in [4.69, 9.17) is 0 Å². The molecule has 0 aliphatic carbocycles. The highest BCUT2D eigenvalue weighted by Crippen LogP contribution is 2.12. The number of rotatable bonds is 3. The molecule has 0 atom stereocenters. The molecule has 1 rings (SSSR count). The van der Waals surface area contributed by atoms with Crippen LogP contribution in [0.5, 0.6) is 0 Å². The minimum atomic E-state index is -0.207. The average Bonchev–Trinajstić information content (AvgIpc) is 1.99. The topological polar surface area (TPSA) is 12.0 Å². The second-order valence-corrected chi connectivity index (χ2v) is 2.69. The molecular formula is C10H12FN. The summed E-state index contributed by atoms with van der Waals surface area (Å²) in [6, 6.07) is 4.86. The van der Waals surface area contributed by atoms with Crippen molar-refractivity contribution in [1.29, 1.82) is 0 Å². The lowest BCUT2D eigenvalue weighted by atomic mass is 10.2. The highest BCUT2D eigenvalue weighted by Gasteiger charge is 1.95. The minimum absolute atomic E-state index is 0.207. The van der Waals surface area contributed by atoms with Crippen LogP contribution in [0.2, 0.25) is 0 Å². The predicted molar refractivity (Wildman–Crippen MR) is 49.8 cm³/mol. The van der Waals surface area contributed by atoms with Crippen molar-refractivity contribution in [2.75, 3.05) is 11.9 Å². The monoisotopic (exact) mass is 165 g/mol. The molecule has 2 heteroatoms. The number of hydrogen-bond acceptors (Lipinski definition) is 1. The van der Waals surface area contributed by atoms with Gasteiger partial charge in [0.2, 0.25) is 0 Å². The molecule has 64 valence electrons. The van der Waals surface area contributed by atoms with Crippen molar-refractivity contribution in [1.82, 2.24) is 0 Å². The first kappa shape index (κ1) is 8.78. The summed E-state index contributed by atoms with van der Waals surface area (Å²) in [5, 5.41) is 3.02. The van der Waals surface area contributed by atoms with Crippen molar-refractivity contribution in [2.45, 2.75) is 6.92 Å². The Morgan fingerprint density at radius 1 is 1.50 bits per heavy atom. The fraction of sp³-hybridized carbons (Fsp3) is 0.200. The van der Waals surface area contributed by atoms with E-state index >= 15 is 0 Å². The first-order valence-electron chi connectivity index (χ1n) is 3.84. The molecular weight excluding hydrogens is 153 g/mol. The van der Waals surface area contributed by atoms with Crippen LogP contribution in [0.15, 0.2) is 30.9 Å². The molecule has 1 nitrogen and oxygen atoms in total. The summed E-state index contributed by atoms with van der Waals surface area (Å²) in [4.78, 5) is 0. The lowest BCUT2D eigenvalue weighted by Crippen LogP contribution is -1.98. The van der Waals surface area contributed by atoms with E-state index in [-0.39, 0.29) is 5.82 Å². The standard InChI is InChI=1S/C10H12FN/c1-3-4-12-10-6-8(2)5-9(11)7-10/h3,5-7,12H,1,4H2,2H3. The van der Waals surface area contributed by atoms with Crippen LogP contribution in [0.1, 0.15) is 5.56 Å². The second kappa shape index (κ2) is 3.90. The summed E-state index contributed by atoms with van der Waals surface area (Å²) in [6.07, 6.45) is 1.74. The van der Waals surface area contributed by atoms with Gasteiger partial charge in [-0.3, -0.25) is 0 Å². The SMILES string of the molecule is C=CCNc1cc(C)cc(F)c1. The molecule has 0 aromatic heterocycles. The molecule has 0 aliphatic rings. The summed E-state index contributed by atoms with van der Waals surface area (Å²) in [5.74, 6) is -0.207. The normalized spacial score (nSPS) is 9.50. The van der Waals surface area contributed by atoms with Gasteiger partial charge in [0.05, 0.1) is 0 Å². The fourth-order valence-electron chi connectivity index (χ4n) is 1.03. The Kier molecular flexibility index (Phi) is 2.86. The van der Waals surface area contributed by atoms with E-state index in [1.807, 2.05) is 13.0 Å². The van der Waals surface area contributed by atoms with Gasteiger partial charge in [-0.1, -0.05) is 6.08 Å². The van der Waals surface area contributed by atoms with Gasteiger partial charge >= 0.3 is 0 Å². The van der Waals surface area contributed by atoms with Crippen LogP contribution in [-0.4, -0.2) is 6.54 Å². The lowest BCUT2D eigenvalue weighted by molar-refractivity contribution is 0.627. The summed E-state index contributed by atoms with van der Waals surface area (Å²) < 4.78 is 12.8. The number of anilines is 1. The van der Waals surface area contributed by atoms with Crippen molar-refractivity contribution in [2.24, 2.45) is 0 Å². The Balaban J connectivity index is 2.78. The average molecular weight is 165 g/mol. The third-order valence-corrected chi connectivity index (χ3v) is 1.49. The summed E-state index contributed by atoms with van der Waals surface area (Å²) in [7, 11) is 0. The first-order chi connectivity index (χ1) is 5.72. The third kappa shape index (κ3) is 2.38. The molecule has 1 N–H and O–H groups in total. The molecule has 0 heterocycles. The molecule has 0 saturated heterocycles. The van der Waals surface area contributed by atoms with Gasteiger partial charge in [0.25, 0.3) is 0 Å². The maximum atomic E-state index is 12.8. The van der Waals surface area contributed by atoms with Crippen molar-refractivity contribution in [3.05, 3.63) is 42.2 Å². The Labute approximate surface area is 71.9 Å². The van der Waals surface area contributed by atoms with Gasteiger partial charge in [0.1, 0.15) is 5.82 Å². The molecule has 0 fully saturated rings. The van der Waals surface area contributed by atoms with E-state index in [9.17, 15) is 4.39 Å². The number of nitrogens with one attached hydrogen (secondary N) is 1. The zero-order valence-electron chi connectivity index (χ0n) is 7.10. The van der Waals surface area contributed by atoms with Crippen LogP contribution in [0.25, 0.3) is 0 Å². The molecule has 0 bridgehead atoms. The van der Waals surface area contributed by atoms with Crippen molar-refractivity contribution >= 4 is 5.69 Å². The Hall–Kier alpha value is -1.31. The van der Waals surface area contributed by atoms with Crippen molar-refractivity contribution in [3.8, 4) is 0 Å². The maximum absolute atomic E-state index is 12.8. The fourth-order valence-corrected chi connectivity index (χ4v) is 1.03. The molecule has 0 unspecified atom stereocenters. The molecule has 0 aliphatic heterocycles. The lowest BCUT2D eigenvalue weighted by Gasteiger charge is -2.04. The van der Waals surface area contributed by atoms with Crippen molar-refractivity contribution in [3.63, 3.8) is 0 Å². The van der Waals surface area contributed by atoms with Crippen molar-refractivity contribution < 1.29 is 4.39 Å². The van der Waals surface area contributed by atoms with Gasteiger partial charge < -0.3 is 5.32 Å².